The van der Waals surface area contributed by atoms with Gasteiger partial charge < -0.3 is 16.0 Å². The molecule has 172 valence electrons. The maximum atomic E-state index is 13.4. The molecule has 0 spiro atoms. The van der Waals surface area contributed by atoms with Crippen molar-refractivity contribution in [2.75, 3.05) is 18.4 Å². The van der Waals surface area contributed by atoms with Gasteiger partial charge >= 0.3 is 0 Å². The summed E-state index contributed by atoms with van der Waals surface area (Å²) >= 11 is 1.23. The number of carbonyl (C=O) groups excluding carboxylic acids is 1. The molecule has 0 radical (unpaired) electrons. The first-order valence-electron chi connectivity index (χ1n) is 10.8. The number of thiophene rings is 1. The maximum absolute atomic E-state index is 13.4. The topological polar surface area (TPSA) is 68.2 Å². The number of carbonyl (C=O) groups is 1. The third-order valence-electron chi connectivity index (χ3n) is 6.58. The number of nitrogens with zero attached hydrogens (tertiary/aromatic N) is 1. The summed E-state index contributed by atoms with van der Waals surface area (Å²) in [6, 6.07) is 1.61. The van der Waals surface area contributed by atoms with Crippen LogP contribution in [0.1, 0.15) is 67.1 Å². The first kappa shape index (κ1) is 22.5. The Labute approximate surface area is 183 Å². The maximum Gasteiger partial charge on any atom is 0.261 e. The zero-order valence-electron chi connectivity index (χ0n) is 17.4. The summed E-state index contributed by atoms with van der Waals surface area (Å²) < 4.78 is 53.6. The van der Waals surface area contributed by atoms with Crippen LogP contribution in [0.4, 0.5) is 22.6 Å². The standard InChI is InChI=1S/C21H28F4N4OS/c1-12(26)16-10-17(31-19(16)28-13-2-4-20(22,23)5-3-13)18(30)27-14-8-15(9-14)29-7-6-21(24,25)11-29/h10,13-15,26,28H,2-9,11H2,1H3,(H,27,30). The van der Waals surface area contributed by atoms with E-state index in [1.165, 1.54) is 11.3 Å². The number of alkyl halides is 4. The molecule has 31 heavy (non-hydrogen) atoms. The average Bonchev–Trinajstić information content (AvgIpc) is 3.22. The summed E-state index contributed by atoms with van der Waals surface area (Å²) in [5, 5.41) is 14.9. The second kappa shape index (κ2) is 8.35. The number of anilines is 1. The highest BCUT2D eigenvalue weighted by atomic mass is 32.1. The van der Waals surface area contributed by atoms with Crippen LogP contribution in [0.25, 0.3) is 0 Å². The van der Waals surface area contributed by atoms with Crippen molar-refractivity contribution in [3.63, 3.8) is 0 Å². The molecule has 0 bridgehead atoms. The van der Waals surface area contributed by atoms with Gasteiger partial charge in [-0.1, -0.05) is 0 Å². The average molecular weight is 461 g/mol. The van der Waals surface area contributed by atoms with Gasteiger partial charge in [-0.3, -0.25) is 9.69 Å². The highest BCUT2D eigenvalue weighted by molar-refractivity contribution is 7.18. The zero-order valence-corrected chi connectivity index (χ0v) is 18.3. The molecule has 1 aromatic heterocycles. The second-order valence-corrected chi connectivity index (χ2v) is 10.2. The Balaban J connectivity index is 1.33. The summed E-state index contributed by atoms with van der Waals surface area (Å²) in [6.07, 6.45) is 1.60. The van der Waals surface area contributed by atoms with Gasteiger partial charge in [-0.2, -0.15) is 0 Å². The van der Waals surface area contributed by atoms with Crippen LogP contribution in [0.15, 0.2) is 6.07 Å². The fraction of sp³-hybridized carbons (Fsp3) is 0.714. The van der Waals surface area contributed by atoms with Crippen molar-refractivity contribution in [2.24, 2.45) is 0 Å². The highest BCUT2D eigenvalue weighted by Crippen LogP contribution is 2.37. The molecule has 1 amide bonds. The lowest BCUT2D eigenvalue weighted by atomic mass is 9.85. The molecule has 0 atom stereocenters. The minimum absolute atomic E-state index is 0.0460. The van der Waals surface area contributed by atoms with Crippen molar-refractivity contribution in [1.82, 2.24) is 10.2 Å². The third-order valence-corrected chi connectivity index (χ3v) is 7.64. The molecule has 10 heteroatoms. The van der Waals surface area contributed by atoms with Crippen LogP contribution in [0.5, 0.6) is 0 Å². The lowest BCUT2D eigenvalue weighted by molar-refractivity contribution is -0.0360. The molecule has 3 aliphatic rings. The van der Waals surface area contributed by atoms with E-state index in [2.05, 4.69) is 10.6 Å². The normalized spacial score (nSPS) is 28.2. The molecule has 1 aliphatic heterocycles. The quantitative estimate of drug-likeness (QED) is 0.425. The van der Waals surface area contributed by atoms with E-state index in [1.807, 2.05) is 0 Å². The molecule has 1 saturated heterocycles. The Hall–Kier alpha value is -1.68. The lowest BCUT2D eigenvalue weighted by Gasteiger charge is -2.41. The fourth-order valence-electron chi connectivity index (χ4n) is 4.59. The molecule has 3 N–H and O–H groups in total. The van der Waals surface area contributed by atoms with E-state index >= 15 is 0 Å². The molecule has 2 saturated carbocycles. The molecule has 4 rings (SSSR count). The van der Waals surface area contributed by atoms with E-state index in [9.17, 15) is 22.4 Å². The Morgan fingerprint density at radius 1 is 1.13 bits per heavy atom. The van der Waals surface area contributed by atoms with Crippen LogP contribution in [0.3, 0.4) is 0 Å². The monoisotopic (exact) mass is 460 g/mol. The van der Waals surface area contributed by atoms with Gasteiger partial charge in [0.05, 0.1) is 16.4 Å². The Morgan fingerprint density at radius 3 is 2.39 bits per heavy atom. The van der Waals surface area contributed by atoms with Crippen LogP contribution in [0.2, 0.25) is 0 Å². The van der Waals surface area contributed by atoms with E-state index in [-0.39, 0.29) is 49.8 Å². The first-order chi connectivity index (χ1) is 14.5. The summed E-state index contributed by atoms with van der Waals surface area (Å²) in [5.74, 6) is -5.46. The van der Waals surface area contributed by atoms with Gasteiger partial charge in [0.15, 0.2) is 0 Å². The summed E-state index contributed by atoms with van der Waals surface area (Å²) in [5.41, 5.74) is 0.913. The summed E-state index contributed by atoms with van der Waals surface area (Å²) in [6.45, 7) is 1.83. The van der Waals surface area contributed by atoms with Crippen molar-refractivity contribution < 1.29 is 22.4 Å². The Morgan fingerprint density at radius 2 is 1.81 bits per heavy atom. The minimum Gasteiger partial charge on any atom is -0.374 e. The largest absolute Gasteiger partial charge is 0.374 e. The minimum atomic E-state index is -2.61. The zero-order chi connectivity index (χ0) is 22.4. The molecule has 5 nitrogen and oxygen atoms in total. The van der Waals surface area contributed by atoms with Crippen LogP contribution in [-0.4, -0.2) is 59.6 Å². The van der Waals surface area contributed by atoms with Gasteiger partial charge in [-0.15, -0.1) is 11.3 Å². The van der Waals surface area contributed by atoms with Gasteiger partial charge in [0.25, 0.3) is 11.8 Å². The van der Waals surface area contributed by atoms with Crippen molar-refractivity contribution >= 4 is 28.0 Å². The van der Waals surface area contributed by atoms with Crippen LogP contribution in [0, 0.1) is 5.41 Å². The summed E-state index contributed by atoms with van der Waals surface area (Å²) in [4.78, 5) is 15.0. The number of halogens is 4. The SMILES string of the molecule is CC(=N)c1cc(C(=O)NC2CC(N3CCC(F)(F)C3)C2)sc1NC1CCC(F)(F)CC1. The van der Waals surface area contributed by atoms with Crippen LogP contribution in [-0.2, 0) is 0 Å². The van der Waals surface area contributed by atoms with Crippen molar-refractivity contribution in [3.8, 4) is 0 Å². The van der Waals surface area contributed by atoms with Gasteiger partial charge in [-0.05, 0) is 38.7 Å². The molecule has 2 aliphatic carbocycles. The molecular weight excluding hydrogens is 432 g/mol. The predicted octanol–water partition coefficient (Wildman–Crippen LogP) is 4.73. The molecule has 2 heterocycles. The van der Waals surface area contributed by atoms with Crippen LogP contribution < -0.4 is 10.6 Å². The smallest absolute Gasteiger partial charge is 0.261 e. The number of hydrogen-bond acceptors (Lipinski definition) is 5. The van der Waals surface area contributed by atoms with E-state index in [0.717, 1.165) is 0 Å². The number of nitrogens with one attached hydrogen (secondary N) is 3. The predicted molar refractivity (Wildman–Crippen MR) is 113 cm³/mol. The third kappa shape index (κ3) is 5.22. The van der Waals surface area contributed by atoms with E-state index in [4.69, 9.17) is 5.41 Å². The van der Waals surface area contributed by atoms with E-state index in [1.54, 1.807) is 17.9 Å². The molecular formula is C21H28F4N4OS. The number of amides is 1. The summed E-state index contributed by atoms with van der Waals surface area (Å²) in [7, 11) is 0. The van der Waals surface area contributed by atoms with Crippen molar-refractivity contribution in [2.45, 2.75) is 81.8 Å². The number of rotatable bonds is 6. The number of hydrogen-bond donors (Lipinski definition) is 3. The van der Waals surface area contributed by atoms with Crippen molar-refractivity contribution in [1.29, 1.82) is 5.41 Å². The molecule has 1 aromatic rings. The van der Waals surface area contributed by atoms with E-state index < -0.39 is 11.8 Å². The van der Waals surface area contributed by atoms with Gasteiger partial charge in [0.2, 0.25) is 5.92 Å². The van der Waals surface area contributed by atoms with Crippen LogP contribution >= 0.6 is 11.3 Å². The first-order valence-corrected chi connectivity index (χ1v) is 11.6. The van der Waals surface area contributed by atoms with Crippen molar-refractivity contribution in [3.05, 3.63) is 16.5 Å². The molecule has 0 aromatic carbocycles. The van der Waals surface area contributed by atoms with Gasteiger partial charge in [0, 0.05) is 55.2 Å². The molecule has 3 fully saturated rings. The highest BCUT2D eigenvalue weighted by Gasteiger charge is 2.44. The number of likely N-dealkylation sites (tertiary alicyclic amines) is 1. The lowest BCUT2D eigenvalue weighted by Crippen LogP contribution is -2.53. The molecule has 0 unspecified atom stereocenters. The Kier molecular flexibility index (Phi) is 6.06. The van der Waals surface area contributed by atoms with Gasteiger partial charge in [-0.25, -0.2) is 17.6 Å². The fourth-order valence-corrected chi connectivity index (χ4v) is 5.69. The second-order valence-electron chi connectivity index (χ2n) is 9.13. The van der Waals surface area contributed by atoms with Gasteiger partial charge in [0.1, 0.15) is 0 Å². The Bertz CT molecular complexity index is 842. The van der Waals surface area contributed by atoms with E-state index in [0.29, 0.717) is 53.4 Å².